The van der Waals surface area contributed by atoms with E-state index < -0.39 is 5.97 Å². The van der Waals surface area contributed by atoms with Crippen molar-refractivity contribution in [1.29, 1.82) is 0 Å². The van der Waals surface area contributed by atoms with E-state index in [-0.39, 0.29) is 17.6 Å². The highest BCUT2D eigenvalue weighted by atomic mass is 32.2. The van der Waals surface area contributed by atoms with Crippen LogP contribution < -0.4 is 5.32 Å². The molecule has 2 aromatic heterocycles. The first-order chi connectivity index (χ1) is 14.6. The van der Waals surface area contributed by atoms with E-state index in [1.807, 2.05) is 41.3 Å². The van der Waals surface area contributed by atoms with Crippen molar-refractivity contribution in [3.05, 3.63) is 47.5 Å². The molecule has 30 heavy (non-hydrogen) atoms. The number of carbonyl (C=O) groups excluding carboxylic acids is 1. The van der Waals surface area contributed by atoms with Crippen molar-refractivity contribution in [1.82, 2.24) is 20.1 Å². The zero-order valence-corrected chi connectivity index (χ0v) is 17.7. The van der Waals surface area contributed by atoms with Gasteiger partial charge in [0.1, 0.15) is 5.82 Å². The van der Waals surface area contributed by atoms with Crippen molar-refractivity contribution in [3.63, 3.8) is 0 Å². The largest absolute Gasteiger partial charge is 0.476 e. The molecule has 0 saturated carbocycles. The van der Waals surface area contributed by atoms with Crippen molar-refractivity contribution >= 4 is 40.8 Å². The lowest BCUT2D eigenvalue weighted by Gasteiger charge is -2.24. The number of carboxylic acids is 1. The number of aromatic nitrogens is 3. The SMILES string of the molecule is O=C(O)c1csc(SCCN2C(=O)CC[C@@H]2CNc2cc(-c3ccccc3)[nH]n2)n1. The molecule has 156 valence electrons. The van der Waals surface area contributed by atoms with Crippen LogP contribution in [0.25, 0.3) is 11.3 Å². The third-order valence-electron chi connectivity index (χ3n) is 4.89. The average molecular weight is 444 g/mol. The van der Waals surface area contributed by atoms with Gasteiger partial charge in [-0.05, 0) is 12.0 Å². The zero-order chi connectivity index (χ0) is 20.9. The van der Waals surface area contributed by atoms with E-state index in [0.29, 0.717) is 29.6 Å². The Balaban J connectivity index is 1.29. The second-order valence-electron chi connectivity index (χ2n) is 6.85. The summed E-state index contributed by atoms with van der Waals surface area (Å²) in [4.78, 5) is 29.2. The highest BCUT2D eigenvalue weighted by Gasteiger charge is 2.30. The zero-order valence-electron chi connectivity index (χ0n) is 16.1. The molecule has 1 fully saturated rings. The number of H-pyrrole nitrogens is 1. The fraction of sp³-hybridized carbons (Fsp3) is 0.300. The maximum absolute atomic E-state index is 12.3. The Morgan fingerprint density at radius 3 is 2.97 bits per heavy atom. The molecular formula is C20H21N5O3S2. The molecule has 0 bridgehead atoms. The van der Waals surface area contributed by atoms with Crippen LogP contribution in [0.15, 0.2) is 46.1 Å². The van der Waals surface area contributed by atoms with Gasteiger partial charge < -0.3 is 15.3 Å². The Hall–Kier alpha value is -2.85. The third-order valence-corrected chi connectivity index (χ3v) is 6.90. The lowest BCUT2D eigenvalue weighted by Crippen LogP contribution is -2.39. The highest BCUT2D eigenvalue weighted by Crippen LogP contribution is 2.25. The van der Waals surface area contributed by atoms with Crippen LogP contribution in [-0.2, 0) is 4.79 Å². The molecule has 0 aliphatic carbocycles. The van der Waals surface area contributed by atoms with Crippen LogP contribution in [0.3, 0.4) is 0 Å². The molecule has 1 aliphatic rings. The van der Waals surface area contributed by atoms with Crippen LogP contribution in [0.1, 0.15) is 23.3 Å². The second-order valence-corrected chi connectivity index (χ2v) is 9.05. The van der Waals surface area contributed by atoms with E-state index in [1.54, 1.807) is 0 Å². The van der Waals surface area contributed by atoms with Gasteiger partial charge in [-0.2, -0.15) is 5.10 Å². The first-order valence-corrected chi connectivity index (χ1v) is 11.4. The quantitative estimate of drug-likeness (QED) is 0.435. The van der Waals surface area contributed by atoms with Gasteiger partial charge in [-0.25, -0.2) is 9.78 Å². The molecule has 0 radical (unpaired) electrons. The summed E-state index contributed by atoms with van der Waals surface area (Å²) in [6.45, 7) is 1.24. The Morgan fingerprint density at radius 2 is 2.20 bits per heavy atom. The summed E-state index contributed by atoms with van der Waals surface area (Å²) in [5.74, 6) is 0.564. The minimum atomic E-state index is -1.02. The fourth-order valence-electron chi connectivity index (χ4n) is 3.37. The normalized spacial score (nSPS) is 16.2. The number of likely N-dealkylation sites (tertiary alicyclic amines) is 1. The van der Waals surface area contributed by atoms with Gasteiger partial charge >= 0.3 is 5.97 Å². The third kappa shape index (κ3) is 4.82. The summed E-state index contributed by atoms with van der Waals surface area (Å²) in [6, 6.07) is 12.1. The van der Waals surface area contributed by atoms with Gasteiger partial charge in [-0.3, -0.25) is 9.89 Å². The van der Waals surface area contributed by atoms with E-state index in [4.69, 9.17) is 5.11 Å². The number of nitrogens with one attached hydrogen (secondary N) is 2. The Kier molecular flexibility index (Phi) is 6.34. The summed E-state index contributed by atoms with van der Waals surface area (Å²) in [5.41, 5.74) is 2.08. The Labute approximate surface area is 181 Å². The van der Waals surface area contributed by atoms with Crippen LogP contribution in [0.5, 0.6) is 0 Å². The molecule has 1 amide bonds. The summed E-state index contributed by atoms with van der Waals surface area (Å²) in [6.07, 6.45) is 1.36. The monoisotopic (exact) mass is 443 g/mol. The number of thiazole rings is 1. The van der Waals surface area contributed by atoms with Gasteiger partial charge in [0, 0.05) is 42.8 Å². The number of nitrogens with zero attached hydrogens (tertiary/aromatic N) is 3. The lowest BCUT2D eigenvalue weighted by molar-refractivity contribution is -0.128. The molecule has 1 atom stereocenters. The maximum atomic E-state index is 12.3. The number of benzene rings is 1. The Morgan fingerprint density at radius 1 is 1.37 bits per heavy atom. The summed E-state index contributed by atoms with van der Waals surface area (Å²) in [5, 5.41) is 21.2. The number of carboxylic acid groups (broad SMARTS) is 1. The molecular weight excluding hydrogens is 422 g/mol. The number of carbonyl (C=O) groups is 2. The van der Waals surface area contributed by atoms with Gasteiger partial charge in [-0.1, -0.05) is 42.1 Å². The topological polar surface area (TPSA) is 111 Å². The minimum Gasteiger partial charge on any atom is -0.476 e. The fourth-order valence-corrected chi connectivity index (χ4v) is 5.18. The Bertz CT molecular complexity index is 1020. The predicted octanol–water partition coefficient (Wildman–Crippen LogP) is 3.43. The van der Waals surface area contributed by atoms with E-state index in [2.05, 4.69) is 20.5 Å². The van der Waals surface area contributed by atoms with Crippen LogP contribution in [-0.4, -0.2) is 61.9 Å². The summed E-state index contributed by atoms with van der Waals surface area (Å²) in [7, 11) is 0. The molecule has 0 spiro atoms. The molecule has 10 heteroatoms. The van der Waals surface area contributed by atoms with E-state index in [9.17, 15) is 9.59 Å². The molecule has 1 saturated heterocycles. The number of aromatic amines is 1. The number of hydrogen-bond donors (Lipinski definition) is 3. The van der Waals surface area contributed by atoms with Crippen LogP contribution in [0, 0.1) is 0 Å². The standard InChI is InChI=1S/C20H21N5O3S2/c26-18-7-6-14(25(18)8-9-29-20-22-16(12-30-20)19(27)28)11-21-17-10-15(23-24-17)13-4-2-1-3-5-13/h1-5,10,12,14H,6-9,11H2,(H,27,28)(H2,21,23,24)/t14-/m1/s1. The highest BCUT2D eigenvalue weighted by molar-refractivity contribution is 8.01. The van der Waals surface area contributed by atoms with E-state index in [1.165, 1.54) is 28.5 Å². The van der Waals surface area contributed by atoms with Gasteiger partial charge in [0.05, 0.1) is 5.69 Å². The number of amides is 1. The minimum absolute atomic E-state index is 0.0655. The smallest absolute Gasteiger partial charge is 0.355 e. The average Bonchev–Trinajstić information content (AvgIpc) is 3.48. The van der Waals surface area contributed by atoms with Crippen molar-refractivity contribution in [2.75, 3.05) is 24.2 Å². The van der Waals surface area contributed by atoms with Crippen LogP contribution in [0.2, 0.25) is 0 Å². The lowest BCUT2D eigenvalue weighted by atomic mass is 10.1. The number of anilines is 1. The van der Waals surface area contributed by atoms with Gasteiger partial charge in [0.25, 0.3) is 0 Å². The molecule has 1 aliphatic heterocycles. The first-order valence-electron chi connectivity index (χ1n) is 9.56. The number of rotatable bonds is 9. The van der Waals surface area contributed by atoms with Crippen molar-refractivity contribution in [2.24, 2.45) is 0 Å². The molecule has 1 aromatic carbocycles. The van der Waals surface area contributed by atoms with E-state index >= 15 is 0 Å². The molecule has 3 heterocycles. The first kappa shape index (κ1) is 20.4. The van der Waals surface area contributed by atoms with Gasteiger partial charge in [-0.15, -0.1) is 11.3 Å². The molecule has 3 N–H and O–H groups in total. The maximum Gasteiger partial charge on any atom is 0.355 e. The summed E-state index contributed by atoms with van der Waals surface area (Å²) >= 11 is 2.79. The van der Waals surface area contributed by atoms with Gasteiger partial charge in [0.2, 0.25) is 5.91 Å². The van der Waals surface area contributed by atoms with Crippen molar-refractivity contribution < 1.29 is 14.7 Å². The van der Waals surface area contributed by atoms with Gasteiger partial charge in [0.15, 0.2) is 10.0 Å². The van der Waals surface area contributed by atoms with Crippen LogP contribution >= 0.6 is 23.1 Å². The predicted molar refractivity (Wildman–Crippen MR) is 117 cm³/mol. The molecule has 8 nitrogen and oxygen atoms in total. The van der Waals surface area contributed by atoms with Crippen molar-refractivity contribution in [2.45, 2.75) is 23.2 Å². The van der Waals surface area contributed by atoms with Crippen LogP contribution in [0.4, 0.5) is 5.82 Å². The second kappa shape index (κ2) is 9.31. The van der Waals surface area contributed by atoms with Crippen molar-refractivity contribution in [3.8, 4) is 11.3 Å². The van der Waals surface area contributed by atoms with E-state index in [0.717, 1.165) is 23.5 Å². The molecule has 0 unspecified atom stereocenters. The number of thioether (sulfide) groups is 1. The molecule has 4 rings (SSSR count). The summed E-state index contributed by atoms with van der Waals surface area (Å²) < 4.78 is 0.707. The molecule has 3 aromatic rings. The number of aromatic carboxylic acids is 1. The number of hydrogen-bond acceptors (Lipinski definition) is 7.